The molecule has 1 aromatic carbocycles. The molecule has 7 nitrogen and oxygen atoms in total. The highest BCUT2D eigenvalue weighted by Crippen LogP contribution is 2.38. The third-order valence-corrected chi connectivity index (χ3v) is 8.24. The highest BCUT2D eigenvalue weighted by molar-refractivity contribution is 9.13. The third-order valence-electron chi connectivity index (χ3n) is 5.32. The average molecular weight is 645 g/mol. The minimum absolute atomic E-state index is 0.188. The number of carbonyl (C=O) groups is 1. The number of thiazole rings is 1. The van der Waals surface area contributed by atoms with Crippen molar-refractivity contribution in [3.05, 3.63) is 80.7 Å². The first-order valence-corrected chi connectivity index (χ1v) is 13.6. The van der Waals surface area contributed by atoms with Gasteiger partial charge in [-0.2, -0.15) is 0 Å². The number of allylic oxidation sites excluding steroid dienone is 1. The smallest absolute Gasteiger partial charge is 0.338 e. The number of rotatable bonds is 7. The Bertz CT molecular complexity index is 1490. The molecule has 35 heavy (non-hydrogen) atoms. The number of hydrogen-bond donors (Lipinski definition) is 0. The number of fused-ring (bicyclic) bond motifs is 1. The molecule has 0 unspecified atom stereocenters. The van der Waals surface area contributed by atoms with Crippen LogP contribution in [0.15, 0.2) is 58.9 Å². The first-order chi connectivity index (χ1) is 16.8. The van der Waals surface area contributed by atoms with Gasteiger partial charge in [0, 0.05) is 16.7 Å². The Kier molecular flexibility index (Phi) is 8.05. The summed E-state index contributed by atoms with van der Waals surface area (Å²) in [6.45, 7) is 3.93. The number of benzene rings is 1. The SMILES string of the molecule is CCCC1=C(C(=O)OCC)[C@H](c2cc(Cl)ccc2OC)n2c(s/c(=C/c3cc(Br)c(Br)o3)c2=O)=N1. The second-order valence-corrected chi connectivity index (χ2v) is 10.6. The van der Waals surface area contributed by atoms with Crippen LogP contribution in [0.1, 0.15) is 44.1 Å². The molecule has 1 aliphatic heterocycles. The zero-order chi connectivity index (χ0) is 25.3. The molecular formula is C24H21Br2ClN2O5S. The van der Waals surface area contributed by atoms with E-state index < -0.39 is 12.0 Å². The standard InChI is InChI=1S/C24H21Br2ClN2O5S/c1-4-6-16-19(23(31)33-5-2)20(14-9-12(27)7-8-17(14)32-3)29-22(30)18(35-24(29)28-16)11-13-10-15(25)21(26)34-13/h7-11,20H,4-6H2,1-3H3/b18-11+/t20-/m0/s1. The quantitative estimate of drug-likeness (QED) is 0.324. The van der Waals surface area contributed by atoms with Crippen molar-refractivity contribution >= 4 is 66.8 Å². The van der Waals surface area contributed by atoms with Gasteiger partial charge in [0.15, 0.2) is 9.47 Å². The number of aromatic nitrogens is 1. The Morgan fingerprint density at radius 1 is 1.31 bits per heavy atom. The summed E-state index contributed by atoms with van der Waals surface area (Å²) in [4.78, 5) is 32.2. The van der Waals surface area contributed by atoms with Gasteiger partial charge < -0.3 is 13.9 Å². The largest absolute Gasteiger partial charge is 0.496 e. The van der Waals surface area contributed by atoms with Crippen LogP contribution in [-0.2, 0) is 9.53 Å². The lowest BCUT2D eigenvalue weighted by Gasteiger charge is -2.27. The maximum absolute atomic E-state index is 13.7. The van der Waals surface area contributed by atoms with E-state index in [0.29, 0.717) is 53.8 Å². The number of furan rings is 1. The second kappa shape index (κ2) is 10.9. The second-order valence-electron chi connectivity index (χ2n) is 7.57. The lowest BCUT2D eigenvalue weighted by atomic mass is 9.93. The molecule has 0 radical (unpaired) electrons. The van der Waals surface area contributed by atoms with Gasteiger partial charge in [0.25, 0.3) is 5.56 Å². The van der Waals surface area contributed by atoms with Crippen LogP contribution in [0.4, 0.5) is 0 Å². The van der Waals surface area contributed by atoms with E-state index in [0.717, 1.165) is 10.9 Å². The maximum atomic E-state index is 13.7. The van der Waals surface area contributed by atoms with Gasteiger partial charge in [-0.1, -0.05) is 36.3 Å². The van der Waals surface area contributed by atoms with Gasteiger partial charge in [-0.05, 0) is 69.5 Å². The lowest BCUT2D eigenvalue weighted by Crippen LogP contribution is -2.40. The summed E-state index contributed by atoms with van der Waals surface area (Å²) in [6, 6.07) is 6.05. The van der Waals surface area contributed by atoms with E-state index in [9.17, 15) is 9.59 Å². The van der Waals surface area contributed by atoms with Crippen LogP contribution < -0.4 is 19.6 Å². The predicted molar refractivity (Wildman–Crippen MR) is 142 cm³/mol. The molecule has 0 N–H and O–H groups in total. The van der Waals surface area contributed by atoms with Crippen molar-refractivity contribution in [3.63, 3.8) is 0 Å². The molecule has 4 rings (SSSR count). The number of esters is 1. The normalized spacial score (nSPS) is 15.7. The minimum Gasteiger partial charge on any atom is -0.496 e. The molecule has 0 amide bonds. The summed E-state index contributed by atoms with van der Waals surface area (Å²) in [5.74, 6) is 0.455. The van der Waals surface area contributed by atoms with Gasteiger partial charge in [0.2, 0.25) is 0 Å². The summed E-state index contributed by atoms with van der Waals surface area (Å²) in [7, 11) is 1.53. The van der Waals surface area contributed by atoms with E-state index in [1.165, 1.54) is 23.0 Å². The molecule has 0 bridgehead atoms. The zero-order valence-electron chi connectivity index (χ0n) is 19.1. The highest BCUT2D eigenvalue weighted by Gasteiger charge is 2.36. The third kappa shape index (κ3) is 5.07. The van der Waals surface area contributed by atoms with Crippen LogP contribution in [-0.4, -0.2) is 24.3 Å². The zero-order valence-corrected chi connectivity index (χ0v) is 23.8. The van der Waals surface area contributed by atoms with Crippen molar-refractivity contribution in [3.8, 4) is 5.75 Å². The van der Waals surface area contributed by atoms with Crippen LogP contribution in [0.3, 0.4) is 0 Å². The fourth-order valence-electron chi connectivity index (χ4n) is 3.90. The molecule has 2 aromatic heterocycles. The van der Waals surface area contributed by atoms with Crippen LogP contribution in [0.25, 0.3) is 6.08 Å². The maximum Gasteiger partial charge on any atom is 0.338 e. The molecule has 184 valence electrons. The van der Waals surface area contributed by atoms with E-state index in [2.05, 4.69) is 31.9 Å². The Balaban J connectivity index is 2.05. The topological polar surface area (TPSA) is 83.0 Å². The van der Waals surface area contributed by atoms with Crippen LogP contribution in [0.2, 0.25) is 5.02 Å². The Morgan fingerprint density at radius 3 is 2.71 bits per heavy atom. The Hall–Kier alpha value is -2.14. The minimum atomic E-state index is -0.822. The van der Waals surface area contributed by atoms with Crippen LogP contribution >= 0.6 is 54.8 Å². The van der Waals surface area contributed by atoms with Crippen LogP contribution in [0.5, 0.6) is 5.75 Å². The average Bonchev–Trinajstić information content (AvgIpc) is 3.30. The van der Waals surface area contributed by atoms with E-state index >= 15 is 0 Å². The van der Waals surface area contributed by atoms with Gasteiger partial charge in [0.1, 0.15) is 17.6 Å². The molecule has 3 aromatic rings. The number of hydrogen-bond acceptors (Lipinski definition) is 7. The molecule has 1 aliphatic rings. The monoisotopic (exact) mass is 642 g/mol. The summed E-state index contributed by atoms with van der Waals surface area (Å²) in [5.41, 5.74) is 1.13. The van der Waals surface area contributed by atoms with E-state index in [4.69, 9.17) is 30.5 Å². The Labute approximate surface area is 227 Å². The summed E-state index contributed by atoms with van der Waals surface area (Å²) < 4.78 is 19.8. The molecule has 0 spiro atoms. The van der Waals surface area contributed by atoms with Crippen molar-refractivity contribution in [1.82, 2.24) is 4.57 Å². The van der Waals surface area contributed by atoms with Gasteiger partial charge in [0.05, 0.1) is 34.0 Å². The molecule has 0 aliphatic carbocycles. The molecule has 0 fully saturated rings. The van der Waals surface area contributed by atoms with Crippen molar-refractivity contribution < 1.29 is 18.7 Å². The summed E-state index contributed by atoms with van der Waals surface area (Å²) >= 11 is 14.3. The number of ether oxygens (including phenoxy) is 2. The number of methoxy groups -OCH3 is 1. The van der Waals surface area contributed by atoms with Crippen molar-refractivity contribution in [2.75, 3.05) is 13.7 Å². The first kappa shape index (κ1) is 25.9. The fraction of sp³-hybridized carbons (Fsp3) is 0.292. The van der Waals surface area contributed by atoms with Crippen molar-refractivity contribution in [1.29, 1.82) is 0 Å². The van der Waals surface area contributed by atoms with Crippen molar-refractivity contribution in [2.24, 2.45) is 4.99 Å². The van der Waals surface area contributed by atoms with Crippen molar-refractivity contribution in [2.45, 2.75) is 32.7 Å². The predicted octanol–water partition coefficient (Wildman–Crippen LogP) is 5.36. The molecule has 3 heterocycles. The molecule has 0 saturated heterocycles. The van der Waals surface area contributed by atoms with Gasteiger partial charge in [-0.25, -0.2) is 9.79 Å². The van der Waals surface area contributed by atoms with E-state index in [-0.39, 0.29) is 12.2 Å². The van der Waals surface area contributed by atoms with Crippen LogP contribution in [0, 0.1) is 0 Å². The molecule has 11 heteroatoms. The highest BCUT2D eigenvalue weighted by atomic mass is 79.9. The van der Waals surface area contributed by atoms with Gasteiger partial charge >= 0.3 is 5.97 Å². The molecule has 0 saturated carbocycles. The Morgan fingerprint density at radius 2 is 2.09 bits per heavy atom. The molecule has 1 atom stereocenters. The summed E-state index contributed by atoms with van der Waals surface area (Å²) in [5, 5.41) is 0.450. The lowest BCUT2D eigenvalue weighted by molar-refractivity contribution is -0.139. The number of halogens is 3. The van der Waals surface area contributed by atoms with E-state index in [1.807, 2.05) is 6.92 Å². The molecular weight excluding hydrogens is 624 g/mol. The number of nitrogens with zero attached hydrogens (tertiary/aromatic N) is 2. The number of carbonyl (C=O) groups excluding carboxylic acids is 1. The van der Waals surface area contributed by atoms with Gasteiger partial charge in [-0.3, -0.25) is 9.36 Å². The first-order valence-electron chi connectivity index (χ1n) is 10.8. The van der Waals surface area contributed by atoms with Gasteiger partial charge in [-0.15, -0.1) is 0 Å². The summed E-state index contributed by atoms with van der Waals surface area (Å²) in [6.07, 6.45) is 2.94. The van der Waals surface area contributed by atoms with E-state index in [1.54, 1.807) is 37.3 Å². The fourth-order valence-corrected chi connectivity index (χ4v) is 5.69.